The van der Waals surface area contributed by atoms with E-state index in [-0.39, 0.29) is 67.4 Å². The quantitative estimate of drug-likeness (QED) is 0.557. The summed E-state index contributed by atoms with van der Waals surface area (Å²) in [4.78, 5) is 16.4. The van der Waals surface area contributed by atoms with E-state index in [4.69, 9.17) is 10.5 Å². The average Bonchev–Trinajstić information content (AvgIpc) is 3.47. The van der Waals surface area contributed by atoms with Crippen molar-refractivity contribution in [2.75, 3.05) is 0 Å². The van der Waals surface area contributed by atoms with Crippen LogP contribution in [-0.2, 0) is 0 Å². The number of hydrogen-bond acceptors (Lipinski definition) is 12. The van der Waals surface area contributed by atoms with Crippen molar-refractivity contribution in [2.24, 2.45) is 0 Å². The third-order valence-electron chi connectivity index (χ3n) is 5.43. The van der Waals surface area contributed by atoms with Gasteiger partial charge in [0, 0.05) is 58.2 Å². The first kappa shape index (κ1) is 23.9. The summed E-state index contributed by atoms with van der Waals surface area (Å²) in [5.41, 5.74) is -1.80. The summed E-state index contributed by atoms with van der Waals surface area (Å²) in [5.74, 6) is -0.257. The Hall–Kier alpha value is -7.22. The SMILES string of the molecule is N#CC(C#N)=C1C2=C(C(C#N)=C1c1ncc(C#N)cn1)C(=C(C#N)C#N)C(c1ncc(C#N)cn1)=C2C#N. The fourth-order valence-corrected chi connectivity index (χ4v) is 3.97. The predicted molar refractivity (Wildman–Crippen MR) is 122 cm³/mol. The maximum Gasteiger partial charge on any atom is 0.161 e. The molecule has 0 saturated heterocycles. The van der Waals surface area contributed by atoms with E-state index in [1.807, 2.05) is 24.3 Å². The van der Waals surface area contributed by atoms with E-state index in [1.165, 1.54) is 24.8 Å². The van der Waals surface area contributed by atoms with Crippen molar-refractivity contribution < 1.29 is 0 Å². The van der Waals surface area contributed by atoms with Crippen LogP contribution < -0.4 is 0 Å². The van der Waals surface area contributed by atoms with Gasteiger partial charge in [-0.3, -0.25) is 0 Å². The molecule has 2 aliphatic carbocycles. The Morgan fingerprint density at radius 2 is 0.763 bits per heavy atom. The minimum atomic E-state index is -0.490. The zero-order valence-corrected chi connectivity index (χ0v) is 18.7. The number of hydrogen-bond donors (Lipinski definition) is 0. The van der Waals surface area contributed by atoms with E-state index in [9.17, 15) is 31.6 Å². The van der Waals surface area contributed by atoms with Crippen LogP contribution in [0, 0.1) is 90.6 Å². The van der Waals surface area contributed by atoms with Crippen molar-refractivity contribution >= 4 is 11.1 Å². The first-order valence-electron chi connectivity index (χ1n) is 10.1. The molecule has 0 radical (unpaired) electrons. The van der Waals surface area contributed by atoms with Gasteiger partial charge in [0.05, 0.1) is 22.3 Å². The second-order valence-electron chi connectivity index (χ2n) is 7.24. The minimum absolute atomic E-state index is 0.0638. The Labute approximate surface area is 214 Å². The molecule has 0 fully saturated rings. The normalized spacial score (nSPS) is 13.2. The Balaban J connectivity index is 2.20. The lowest BCUT2D eigenvalue weighted by Gasteiger charge is -2.12. The van der Waals surface area contributed by atoms with Gasteiger partial charge in [0.15, 0.2) is 11.6 Å². The van der Waals surface area contributed by atoms with E-state index in [0.717, 1.165) is 0 Å². The Morgan fingerprint density at radius 1 is 0.447 bits per heavy atom. The van der Waals surface area contributed by atoms with E-state index in [2.05, 4.69) is 19.9 Å². The van der Waals surface area contributed by atoms with Crippen LogP contribution in [0.25, 0.3) is 11.1 Å². The summed E-state index contributed by atoms with van der Waals surface area (Å²) >= 11 is 0. The van der Waals surface area contributed by atoms with Crippen molar-refractivity contribution in [3.05, 3.63) is 92.1 Å². The fraction of sp³-hybridized carbons (Fsp3) is 0. The number of aromatic nitrogens is 4. The molecule has 38 heavy (non-hydrogen) atoms. The molecule has 2 heterocycles. The molecule has 12 nitrogen and oxygen atoms in total. The van der Waals surface area contributed by atoms with Crippen LogP contribution in [0.15, 0.2) is 69.4 Å². The standard InChI is InChI=1S/C26H4N12/c27-1-13-9-35-25(36-10-13)23-17(7-33)21-20(16(5-31)6-32)24(26-37-11-14(2-28)12-38-26)18(8-34)22(21)19(23)15(3-29)4-30/h9-12H. The molecule has 0 amide bonds. The molecule has 2 aromatic rings. The lowest BCUT2D eigenvalue weighted by Crippen LogP contribution is -2.05. The molecule has 0 spiro atoms. The van der Waals surface area contributed by atoms with Crippen molar-refractivity contribution in [2.45, 2.75) is 0 Å². The zero-order chi connectivity index (χ0) is 27.4. The Bertz CT molecular complexity index is 1780. The van der Waals surface area contributed by atoms with E-state index >= 15 is 0 Å². The molecular formula is C26H4N12. The number of allylic oxidation sites excluding steroid dienone is 10. The van der Waals surface area contributed by atoms with E-state index < -0.39 is 11.1 Å². The van der Waals surface area contributed by atoms with Gasteiger partial charge in [-0.25, -0.2) is 19.9 Å². The molecular weight excluding hydrogens is 480 g/mol. The molecule has 168 valence electrons. The molecule has 4 rings (SSSR count). The molecule has 0 aliphatic heterocycles. The summed E-state index contributed by atoms with van der Waals surface area (Å²) in [7, 11) is 0. The third-order valence-corrected chi connectivity index (χ3v) is 5.43. The van der Waals surface area contributed by atoms with E-state index in [0.29, 0.717) is 0 Å². The predicted octanol–water partition coefficient (Wildman–Crippen LogP) is 2.28. The molecule has 2 aromatic heterocycles. The van der Waals surface area contributed by atoms with Gasteiger partial charge in [-0.15, -0.1) is 0 Å². The van der Waals surface area contributed by atoms with Crippen LogP contribution in [0.4, 0.5) is 0 Å². The summed E-state index contributed by atoms with van der Waals surface area (Å²) in [6.45, 7) is 0. The number of nitriles is 8. The number of rotatable bonds is 2. The fourth-order valence-electron chi connectivity index (χ4n) is 3.97. The summed E-state index contributed by atoms with van der Waals surface area (Å²) in [6.07, 6.45) is 4.70. The van der Waals surface area contributed by atoms with Gasteiger partial charge in [-0.05, 0) is 0 Å². The average molecular weight is 484 g/mol. The Kier molecular flexibility index (Phi) is 6.02. The highest BCUT2D eigenvalue weighted by Gasteiger charge is 2.45. The van der Waals surface area contributed by atoms with E-state index in [1.54, 1.807) is 24.3 Å². The van der Waals surface area contributed by atoms with Crippen molar-refractivity contribution in [1.29, 1.82) is 42.1 Å². The maximum atomic E-state index is 10.2. The van der Waals surface area contributed by atoms with Gasteiger partial charge in [0.25, 0.3) is 0 Å². The van der Waals surface area contributed by atoms with Gasteiger partial charge in [0.1, 0.15) is 59.7 Å². The van der Waals surface area contributed by atoms with Gasteiger partial charge in [0.2, 0.25) is 0 Å². The van der Waals surface area contributed by atoms with Crippen molar-refractivity contribution in [1.82, 2.24) is 19.9 Å². The first-order chi connectivity index (χ1) is 18.5. The summed E-state index contributed by atoms with van der Waals surface area (Å²) < 4.78 is 0. The molecule has 12 heteroatoms. The van der Waals surface area contributed by atoms with Crippen molar-refractivity contribution in [3.63, 3.8) is 0 Å². The first-order valence-corrected chi connectivity index (χ1v) is 10.1. The van der Waals surface area contributed by atoms with Crippen molar-refractivity contribution in [3.8, 4) is 48.6 Å². The molecule has 0 N–H and O–H groups in total. The zero-order valence-electron chi connectivity index (χ0n) is 18.7. The van der Waals surface area contributed by atoms with Gasteiger partial charge in [-0.1, -0.05) is 0 Å². The van der Waals surface area contributed by atoms with Crippen LogP contribution in [0.2, 0.25) is 0 Å². The topological polar surface area (TPSA) is 242 Å². The van der Waals surface area contributed by atoms with Gasteiger partial charge >= 0.3 is 0 Å². The second-order valence-corrected chi connectivity index (χ2v) is 7.24. The minimum Gasteiger partial charge on any atom is -0.235 e. The second kappa shape index (κ2) is 9.57. The van der Waals surface area contributed by atoms with Crippen LogP contribution in [0.3, 0.4) is 0 Å². The molecule has 0 atom stereocenters. The maximum absolute atomic E-state index is 10.2. The van der Waals surface area contributed by atoms with Gasteiger partial charge in [-0.2, -0.15) is 42.1 Å². The lowest BCUT2D eigenvalue weighted by molar-refractivity contribution is 1.10. The van der Waals surface area contributed by atoms with Crippen LogP contribution in [0.1, 0.15) is 22.8 Å². The van der Waals surface area contributed by atoms with Gasteiger partial charge < -0.3 is 0 Å². The van der Waals surface area contributed by atoms with Crippen LogP contribution in [-0.4, -0.2) is 19.9 Å². The highest BCUT2D eigenvalue weighted by atomic mass is 14.9. The smallest absolute Gasteiger partial charge is 0.161 e. The molecule has 2 aliphatic rings. The molecule has 0 unspecified atom stereocenters. The summed E-state index contributed by atoms with van der Waals surface area (Å²) in [5, 5.41) is 77.7. The number of nitrogens with zero attached hydrogens (tertiary/aromatic N) is 12. The monoisotopic (exact) mass is 484 g/mol. The van der Waals surface area contributed by atoms with Crippen LogP contribution in [0.5, 0.6) is 0 Å². The highest BCUT2D eigenvalue weighted by molar-refractivity contribution is 6.10. The lowest BCUT2D eigenvalue weighted by atomic mass is 9.89. The molecule has 0 saturated carbocycles. The largest absolute Gasteiger partial charge is 0.235 e. The molecule has 0 bridgehead atoms. The Morgan fingerprint density at radius 3 is 1.00 bits per heavy atom. The van der Waals surface area contributed by atoms with Crippen LogP contribution >= 0.6 is 0 Å². The molecule has 0 aromatic carbocycles. The summed E-state index contributed by atoms with van der Waals surface area (Å²) in [6, 6.07) is 14.6. The third kappa shape index (κ3) is 3.40. The highest BCUT2D eigenvalue weighted by Crippen LogP contribution is 2.56.